The Morgan fingerprint density at radius 2 is 1.58 bits per heavy atom. The Bertz CT molecular complexity index is 484. The van der Waals surface area contributed by atoms with Gasteiger partial charge in [-0.2, -0.15) is 13.2 Å². The van der Waals surface area contributed by atoms with Gasteiger partial charge in [0.15, 0.2) is 0 Å². The first-order chi connectivity index (χ1) is 12.2. The van der Waals surface area contributed by atoms with Crippen molar-refractivity contribution in [2.45, 2.75) is 105 Å². The second-order valence-electron chi connectivity index (χ2n) is 10.3. The summed E-state index contributed by atoms with van der Waals surface area (Å²) in [5.41, 5.74) is 0.621. The van der Waals surface area contributed by atoms with Gasteiger partial charge in [-0.3, -0.25) is 0 Å². The quantitative estimate of drug-likeness (QED) is 0.458. The minimum atomic E-state index is -4.00. The highest BCUT2D eigenvalue weighted by Crippen LogP contribution is 2.67. The minimum absolute atomic E-state index is 0.165. The van der Waals surface area contributed by atoms with Crippen LogP contribution >= 0.6 is 0 Å². The van der Waals surface area contributed by atoms with E-state index < -0.39 is 12.6 Å². The summed E-state index contributed by atoms with van der Waals surface area (Å²) in [6.07, 6.45) is 6.95. The Kier molecular flexibility index (Phi) is 5.78. The van der Waals surface area contributed by atoms with Gasteiger partial charge >= 0.3 is 6.18 Å². The van der Waals surface area contributed by atoms with Crippen molar-refractivity contribution < 1.29 is 13.2 Å². The van der Waals surface area contributed by atoms with Gasteiger partial charge in [-0.05, 0) is 91.8 Å². The van der Waals surface area contributed by atoms with Gasteiger partial charge < -0.3 is 0 Å². The van der Waals surface area contributed by atoms with E-state index in [1.807, 2.05) is 0 Å². The molecule has 0 aromatic rings. The molecule has 3 aliphatic carbocycles. The fourth-order valence-electron chi connectivity index (χ4n) is 8.05. The van der Waals surface area contributed by atoms with Crippen LogP contribution in [0, 0.1) is 40.4 Å². The summed E-state index contributed by atoms with van der Waals surface area (Å²) < 4.78 is 38.4. The molecule has 3 fully saturated rings. The Morgan fingerprint density at radius 1 is 0.885 bits per heavy atom. The molecule has 0 amide bonds. The largest absolute Gasteiger partial charge is 0.389 e. The van der Waals surface area contributed by atoms with E-state index in [-0.39, 0.29) is 11.3 Å². The first-order valence-electron chi connectivity index (χ1n) is 11.2. The molecule has 0 aliphatic heterocycles. The molecule has 0 radical (unpaired) electrons. The zero-order chi connectivity index (χ0) is 19.2. The van der Waals surface area contributed by atoms with Crippen LogP contribution in [0.3, 0.4) is 0 Å². The third-order valence-corrected chi connectivity index (χ3v) is 9.32. The van der Waals surface area contributed by atoms with Crippen molar-refractivity contribution in [3.05, 3.63) is 0 Å². The van der Waals surface area contributed by atoms with Crippen molar-refractivity contribution in [3.8, 4) is 0 Å². The van der Waals surface area contributed by atoms with E-state index in [0.29, 0.717) is 17.8 Å². The molecular formula is C23H39F3. The topological polar surface area (TPSA) is 0 Å². The number of rotatable bonds is 5. The molecule has 3 saturated carbocycles. The number of halogens is 3. The summed E-state index contributed by atoms with van der Waals surface area (Å²) in [4.78, 5) is 0. The van der Waals surface area contributed by atoms with Crippen molar-refractivity contribution in [3.63, 3.8) is 0 Å². The molecule has 6 unspecified atom stereocenters. The van der Waals surface area contributed by atoms with Gasteiger partial charge in [0.05, 0.1) is 0 Å². The van der Waals surface area contributed by atoms with E-state index in [4.69, 9.17) is 0 Å². The molecule has 0 aromatic heterocycles. The molecule has 0 aromatic carbocycles. The number of fused-ring (bicyclic) bond motifs is 3. The van der Waals surface area contributed by atoms with E-state index >= 15 is 0 Å². The minimum Gasteiger partial charge on any atom is -0.171 e. The predicted octanol–water partition coefficient (Wildman–Crippen LogP) is 8.01. The van der Waals surface area contributed by atoms with Crippen LogP contribution in [-0.2, 0) is 0 Å². The number of alkyl halides is 3. The number of hydrogen-bond acceptors (Lipinski definition) is 0. The maximum atomic E-state index is 12.8. The van der Waals surface area contributed by atoms with Crippen LogP contribution in [0.25, 0.3) is 0 Å². The third-order valence-electron chi connectivity index (χ3n) is 9.32. The third kappa shape index (κ3) is 3.46. The highest BCUT2D eigenvalue weighted by molar-refractivity contribution is 5.07. The van der Waals surface area contributed by atoms with E-state index in [1.54, 1.807) is 0 Å². The molecule has 0 bridgehead atoms. The molecule has 0 saturated heterocycles. The molecule has 26 heavy (non-hydrogen) atoms. The molecule has 3 rings (SSSR count). The lowest BCUT2D eigenvalue weighted by Gasteiger charge is -2.59. The fourth-order valence-corrected chi connectivity index (χ4v) is 8.05. The standard InChI is InChI=1S/C23H39F3/c1-5-13-21(3)16(6-2)7-9-18-19-10-8-17(11-15-23(24,25)26)22(19,4)14-12-20(18)21/h16-20H,5-15H2,1-4H3/t16?,17-,18?,19?,20?,21?,22?/m1/s1. The van der Waals surface area contributed by atoms with Crippen LogP contribution in [0.2, 0.25) is 0 Å². The van der Waals surface area contributed by atoms with Crippen molar-refractivity contribution in [1.82, 2.24) is 0 Å². The van der Waals surface area contributed by atoms with Gasteiger partial charge in [-0.15, -0.1) is 0 Å². The maximum Gasteiger partial charge on any atom is 0.389 e. The monoisotopic (exact) mass is 372 g/mol. The molecule has 3 aliphatic rings. The highest BCUT2D eigenvalue weighted by atomic mass is 19.4. The second kappa shape index (κ2) is 7.32. The summed E-state index contributed by atoms with van der Waals surface area (Å²) in [6.45, 7) is 9.58. The van der Waals surface area contributed by atoms with Crippen molar-refractivity contribution >= 4 is 0 Å². The fraction of sp³-hybridized carbons (Fsp3) is 1.00. The lowest BCUT2D eigenvalue weighted by atomic mass is 9.46. The van der Waals surface area contributed by atoms with Gasteiger partial charge in [0.1, 0.15) is 0 Å². The summed E-state index contributed by atoms with van der Waals surface area (Å²) in [5, 5.41) is 0. The summed E-state index contributed by atoms with van der Waals surface area (Å²) in [7, 11) is 0. The molecule has 0 N–H and O–H groups in total. The van der Waals surface area contributed by atoms with E-state index in [2.05, 4.69) is 27.7 Å². The van der Waals surface area contributed by atoms with E-state index in [1.165, 1.54) is 44.9 Å². The van der Waals surface area contributed by atoms with Crippen LogP contribution in [0.4, 0.5) is 13.2 Å². The van der Waals surface area contributed by atoms with Crippen LogP contribution in [0.5, 0.6) is 0 Å². The zero-order valence-corrected chi connectivity index (χ0v) is 17.3. The molecule has 0 nitrogen and oxygen atoms in total. The van der Waals surface area contributed by atoms with Gasteiger partial charge in [0.2, 0.25) is 0 Å². The van der Waals surface area contributed by atoms with Crippen LogP contribution in [-0.4, -0.2) is 6.18 Å². The maximum absolute atomic E-state index is 12.8. The molecule has 7 atom stereocenters. The molecule has 0 heterocycles. The summed E-state index contributed by atoms with van der Waals surface area (Å²) >= 11 is 0. The van der Waals surface area contributed by atoms with Gasteiger partial charge in [-0.25, -0.2) is 0 Å². The first-order valence-corrected chi connectivity index (χ1v) is 11.2. The lowest BCUT2D eigenvalue weighted by molar-refractivity contribution is -0.143. The van der Waals surface area contributed by atoms with E-state index in [9.17, 15) is 13.2 Å². The Morgan fingerprint density at radius 3 is 2.19 bits per heavy atom. The van der Waals surface area contributed by atoms with Crippen molar-refractivity contribution in [2.24, 2.45) is 40.4 Å². The van der Waals surface area contributed by atoms with Gasteiger partial charge in [-0.1, -0.05) is 40.5 Å². The zero-order valence-electron chi connectivity index (χ0n) is 17.3. The Labute approximate surface area is 158 Å². The SMILES string of the molecule is CCCC1(C)C(CC)CCC2C1CCC1(C)C2CC[C@@H]1CCC(F)(F)F. The average Bonchev–Trinajstić information content (AvgIpc) is 2.89. The van der Waals surface area contributed by atoms with E-state index in [0.717, 1.165) is 30.6 Å². The normalized spacial score (nSPS) is 46.0. The molecule has 0 spiro atoms. The van der Waals surface area contributed by atoms with Crippen LogP contribution < -0.4 is 0 Å². The highest BCUT2D eigenvalue weighted by Gasteiger charge is 2.58. The Balaban J connectivity index is 1.78. The first kappa shape index (κ1) is 20.5. The average molecular weight is 373 g/mol. The molecular weight excluding hydrogens is 333 g/mol. The van der Waals surface area contributed by atoms with Gasteiger partial charge in [0.25, 0.3) is 0 Å². The van der Waals surface area contributed by atoms with Crippen molar-refractivity contribution in [1.29, 1.82) is 0 Å². The molecule has 152 valence electrons. The molecule has 3 heteroatoms. The summed E-state index contributed by atoms with van der Waals surface area (Å²) in [5.74, 6) is 3.38. The lowest BCUT2D eigenvalue weighted by Crippen LogP contribution is -2.51. The smallest absolute Gasteiger partial charge is 0.171 e. The van der Waals surface area contributed by atoms with Crippen molar-refractivity contribution in [2.75, 3.05) is 0 Å². The predicted molar refractivity (Wildman–Crippen MR) is 102 cm³/mol. The van der Waals surface area contributed by atoms with Crippen LogP contribution in [0.1, 0.15) is 98.3 Å². The Hall–Kier alpha value is -0.210. The van der Waals surface area contributed by atoms with Gasteiger partial charge in [0, 0.05) is 6.42 Å². The number of hydrogen-bond donors (Lipinski definition) is 0. The summed E-state index contributed by atoms with van der Waals surface area (Å²) in [6, 6.07) is 0. The van der Waals surface area contributed by atoms with Crippen LogP contribution in [0.15, 0.2) is 0 Å². The second-order valence-corrected chi connectivity index (χ2v) is 10.3.